The molecule has 1 saturated heterocycles. The van der Waals surface area contributed by atoms with E-state index in [4.69, 9.17) is 10.5 Å². The summed E-state index contributed by atoms with van der Waals surface area (Å²) in [7, 11) is -1.95. The summed E-state index contributed by atoms with van der Waals surface area (Å²) in [6, 6.07) is 0. The van der Waals surface area contributed by atoms with Gasteiger partial charge in [0, 0.05) is 26.4 Å². The van der Waals surface area contributed by atoms with Crippen molar-refractivity contribution in [1.29, 1.82) is 0 Å². The van der Waals surface area contributed by atoms with Crippen LogP contribution in [0.4, 0.5) is 5.82 Å². The zero-order valence-corrected chi connectivity index (χ0v) is 11.1. The highest BCUT2D eigenvalue weighted by Gasteiger charge is 2.22. The molecule has 8 heteroatoms. The van der Waals surface area contributed by atoms with Crippen molar-refractivity contribution in [2.45, 2.75) is 17.7 Å². The molecule has 102 valence electrons. The Morgan fingerprint density at radius 1 is 1.67 bits per heavy atom. The first-order valence-corrected chi connectivity index (χ1v) is 7.34. The van der Waals surface area contributed by atoms with E-state index >= 15 is 0 Å². The van der Waals surface area contributed by atoms with Gasteiger partial charge in [0.15, 0.2) is 5.82 Å². The number of anilines is 1. The van der Waals surface area contributed by atoms with Gasteiger partial charge in [-0.3, -0.25) is 4.68 Å². The number of nitrogens with two attached hydrogens (primary N) is 1. The third kappa shape index (κ3) is 3.01. The van der Waals surface area contributed by atoms with Crippen LogP contribution in [0.3, 0.4) is 0 Å². The second kappa shape index (κ2) is 5.25. The minimum absolute atomic E-state index is 0.0184. The molecule has 0 amide bonds. The molecule has 0 radical (unpaired) electrons. The van der Waals surface area contributed by atoms with Gasteiger partial charge in [-0.1, -0.05) is 0 Å². The van der Waals surface area contributed by atoms with E-state index in [1.807, 2.05) is 0 Å². The number of nitrogen functional groups attached to an aromatic ring is 1. The summed E-state index contributed by atoms with van der Waals surface area (Å²) in [5.74, 6) is 0.247. The summed E-state index contributed by atoms with van der Waals surface area (Å²) in [5.41, 5.74) is 5.56. The largest absolute Gasteiger partial charge is 0.381 e. The Kier molecular flexibility index (Phi) is 3.88. The van der Waals surface area contributed by atoms with Crippen molar-refractivity contribution in [3.05, 3.63) is 6.20 Å². The summed E-state index contributed by atoms with van der Waals surface area (Å²) >= 11 is 0. The first-order chi connectivity index (χ1) is 8.49. The molecule has 0 aromatic carbocycles. The average Bonchev–Trinajstić information content (AvgIpc) is 2.68. The van der Waals surface area contributed by atoms with Crippen LogP contribution in [-0.2, 0) is 21.8 Å². The van der Waals surface area contributed by atoms with Gasteiger partial charge in [0.25, 0.3) is 0 Å². The number of nitrogens with zero attached hydrogens (tertiary/aromatic N) is 2. The van der Waals surface area contributed by atoms with Gasteiger partial charge in [-0.2, -0.15) is 5.10 Å². The van der Waals surface area contributed by atoms with Crippen molar-refractivity contribution < 1.29 is 13.2 Å². The van der Waals surface area contributed by atoms with Crippen molar-refractivity contribution >= 4 is 15.8 Å². The number of aryl methyl sites for hydroxylation is 1. The molecule has 18 heavy (non-hydrogen) atoms. The van der Waals surface area contributed by atoms with Crippen LogP contribution in [0.25, 0.3) is 0 Å². The zero-order valence-electron chi connectivity index (χ0n) is 10.3. The normalized spacial score (nSPS) is 21.1. The number of hydrogen-bond donors (Lipinski definition) is 2. The smallest absolute Gasteiger partial charge is 0.245 e. The van der Waals surface area contributed by atoms with Crippen molar-refractivity contribution in [2.75, 3.05) is 25.5 Å². The van der Waals surface area contributed by atoms with E-state index in [0.29, 0.717) is 13.2 Å². The lowest BCUT2D eigenvalue weighted by atomic mass is 10.0. The first kappa shape index (κ1) is 13.3. The van der Waals surface area contributed by atoms with Crippen LogP contribution in [0.5, 0.6) is 0 Å². The van der Waals surface area contributed by atoms with Crippen LogP contribution in [0, 0.1) is 5.92 Å². The summed E-state index contributed by atoms with van der Waals surface area (Å²) in [5, 5.41) is 3.82. The molecule has 1 aliphatic rings. The number of rotatable bonds is 4. The third-order valence-electron chi connectivity index (χ3n) is 2.93. The fourth-order valence-electron chi connectivity index (χ4n) is 1.96. The number of hydrogen-bond acceptors (Lipinski definition) is 5. The lowest BCUT2D eigenvalue weighted by molar-refractivity contribution is 0.0568. The molecule has 1 aromatic rings. The fraction of sp³-hybridized carbons (Fsp3) is 0.700. The van der Waals surface area contributed by atoms with Gasteiger partial charge in [0.05, 0.1) is 6.61 Å². The Morgan fingerprint density at radius 3 is 3.00 bits per heavy atom. The molecule has 2 rings (SSSR count). The van der Waals surface area contributed by atoms with Gasteiger partial charge in [0.1, 0.15) is 4.90 Å². The zero-order chi connectivity index (χ0) is 13.2. The molecule has 7 nitrogen and oxygen atoms in total. The fourth-order valence-corrected chi connectivity index (χ4v) is 3.18. The number of nitrogens with one attached hydrogen (secondary N) is 1. The topological polar surface area (TPSA) is 99.2 Å². The maximum absolute atomic E-state index is 12.0. The predicted molar refractivity (Wildman–Crippen MR) is 66.4 cm³/mol. The molecule has 1 atom stereocenters. The highest BCUT2D eigenvalue weighted by molar-refractivity contribution is 7.89. The number of sulfonamides is 1. The molecule has 1 aromatic heterocycles. The Bertz CT molecular complexity index is 505. The van der Waals surface area contributed by atoms with E-state index in [-0.39, 0.29) is 16.6 Å². The molecule has 2 heterocycles. The average molecular weight is 274 g/mol. The minimum atomic E-state index is -3.58. The van der Waals surface area contributed by atoms with Crippen LogP contribution in [0.1, 0.15) is 12.8 Å². The first-order valence-electron chi connectivity index (χ1n) is 5.85. The summed E-state index contributed by atoms with van der Waals surface area (Å²) in [4.78, 5) is 0.0294. The molecule has 3 N–H and O–H groups in total. The van der Waals surface area contributed by atoms with Gasteiger partial charge in [0.2, 0.25) is 10.0 Å². The van der Waals surface area contributed by atoms with Crippen LogP contribution < -0.4 is 10.5 Å². The van der Waals surface area contributed by atoms with Gasteiger partial charge >= 0.3 is 0 Å². The van der Waals surface area contributed by atoms with Crippen molar-refractivity contribution in [2.24, 2.45) is 13.0 Å². The second-order valence-corrected chi connectivity index (χ2v) is 6.22. The molecule has 0 aliphatic carbocycles. The number of aromatic nitrogens is 2. The predicted octanol–water partition coefficient (Wildman–Crippen LogP) is -0.293. The SMILES string of the molecule is Cn1cc(S(=O)(=O)NCC2CCCOC2)c(N)n1. The van der Waals surface area contributed by atoms with E-state index in [1.165, 1.54) is 10.9 Å². The van der Waals surface area contributed by atoms with E-state index in [1.54, 1.807) is 7.05 Å². The quantitative estimate of drug-likeness (QED) is 0.786. The van der Waals surface area contributed by atoms with E-state index < -0.39 is 10.0 Å². The van der Waals surface area contributed by atoms with Gasteiger partial charge in [-0.05, 0) is 18.8 Å². The van der Waals surface area contributed by atoms with Crippen LogP contribution >= 0.6 is 0 Å². The van der Waals surface area contributed by atoms with Crippen molar-refractivity contribution in [3.63, 3.8) is 0 Å². The van der Waals surface area contributed by atoms with Crippen molar-refractivity contribution in [3.8, 4) is 0 Å². The summed E-state index contributed by atoms with van der Waals surface area (Å²) < 4.78 is 33.3. The van der Waals surface area contributed by atoms with Gasteiger partial charge in [-0.25, -0.2) is 13.1 Å². The van der Waals surface area contributed by atoms with Gasteiger partial charge in [-0.15, -0.1) is 0 Å². The Balaban J connectivity index is 2.01. The van der Waals surface area contributed by atoms with Crippen molar-refractivity contribution in [1.82, 2.24) is 14.5 Å². The lowest BCUT2D eigenvalue weighted by Gasteiger charge is -2.21. The lowest BCUT2D eigenvalue weighted by Crippen LogP contribution is -2.33. The monoisotopic (exact) mass is 274 g/mol. The molecule has 1 aliphatic heterocycles. The molecular weight excluding hydrogens is 256 g/mol. The van der Waals surface area contributed by atoms with Crippen LogP contribution in [0.15, 0.2) is 11.1 Å². The maximum atomic E-state index is 12.0. The highest BCUT2D eigenvalue weighted by Crippen LogP contribution is 2.17. The Hall–Kier alpha value is -1.12. The molecule has 0 spiro atoms. The summed E-state index contributed by atoms with van der Waals surface area (Å²) in [6.45, 7) is 1.74. The maximum Gasteiger partial charge on any atom is 0.245 e. The standard InChI is InChI=1S/C10H18N4O3S/c1-14-6-9(10(11)13-14)18(15,16)12-5-8-3-2-4-17-7-8/h6,8,12H,2-5,7H2,1H3,(H2,11,13). The molecule has 1 fully saturated rings. The minimum Gasteiger partial charge on any atom is -0.381 e. The number of ether oxygens (including phenoxy) is 1. The molecule has 1 unspecified atom stereocenters. The Labute approximate surface area is 106 Å². The molecular formula is C10H18N4O3S. The van der Waals surface area contributed by atoms with E-state index in [9.17, 15) is 8.42 Å². The van der Waals surface area contributed by atoms with Gasteiger partial charge < -0.3 is 10.5 Å². The van der Waals surface area contributed by atoms with Crippen LogP contribution in [0.2, 0.25) is 0 Å². The summed E-state index contributed by atoms with van der Waals surface area (Å²) in [6.07, 6.45) is 3.35. The molecule has 0 bridgehead atoms. The highest BCUT2D eigenvalue weighted by atomic mass is 32.2. The molecule has 0 saturated carbocycles. The van der Waals surface area contributed by atoms with E-state index in [0.717, 1.165) is 19.4 Å². The van der Waals surface area contributed by atoms with E-state index in [2.05, 4.69) is 9.82 Å². The van der Waals surface area contributed by atoms with Crippen LogP contribution in [-0.4, -0.2) is 38.0 Å². The third-order valence-corrected chi connectivity index (χ3v) is 4.37. The second-order valence-electron chi connectivity index (χ2n) is 4.49. The Morgan fingerprint density at radius 2 is 2.44 bits per heavy atom.